The fraction of sp³-hybridized carbons (Fsp3) is 0.133. The lowest BCUT2D eigenvalue weighted by molar-refractivity contribution is -0.643. The van der Waals surface area contributed by atoms with Gasteiger partial charge in [-0.3, -0.25) is 0 Å². The van der Waals surface area contributed by atoms with Crippen molar-refractivity contribution in [2.45, 2.75) is 0 Å². The highest BCUT2D eigenvalue weighted by molar-refractivity contribution is 6.31. The van der Waals surface area contributed by atoms with E-state index in [0.717, 1.165) is 27.1 Å². The molecule has 0 N–H and O–H groups in total. The number of benzene rings is 2. The van der Waals surface area contributed by atoms with Crippen LogP contribution in [-0.2, 0) is 7.05 Å². The van der Waals surface area contributed by atoms with Crippen LogP contribution >= 0.6 is 11.6 Å². The van der Waals surface area contributed by atoms with Crippen LogP contribution in [0.5, 0.6) is 5.75 Å². The lowest BCUT2D eigenvalue weighted by Crippen LogP contribution is -2.28. The first-order valence-electron chi connectivity index (χ1n) is 5.75. The van der Waals surface area contributed by atoms with Gasteiger partial charge in [-0.05, 0) is 30.3 Å². The zero-order valence-electron chi connectivity index (χ0n) is 10.3. The number of rotatable bonds is 1. The van der Waals surface area contributed by atoms with Gasteiger partial charge in [-0.2, -0.15) is 0 Å². The molecule has 90 valence electrons. The van der Waals surface area contributed by atoms with Crippen LogP contribution in [0.1, 0.15) is 0 Å². The molecule has 3 rings (SSSR count). The molecule has 0 aliphatic rings. The van der Waals surface area contributed by atoms with Crippen LogP contribution in [0.3, 0.4) is 0 Å². The van der Waals surface area contributed by atoms with Crippen LogP contribution in [-0.4, -0.2) is 7.11 Å². The number of methoxy groups -OCH3 is 1. The highest BCUT2D eigenvalue weighted by Crippen LogP contribution is 2.27. The molecule has 0 saturated carbocycles. The number of nitrogens with zero attached hydrogens (tertiary/aromatic N) is 1. The van der Waals surface area contributed by atoms with Crippen LogP contribution in [0.15, 0.2) is 42.6 Å². The normalized spacial score (nSPS) is 11.1. The van der Waals surface area contributed by atoms with Crippen LogP contribution in [0.2, 0.25) is 5.02 Å². The lowest BCUT2D eigenvalue weighted by Gasteiger charge is -2.05. The molecule has 3 heteroatoms. The topological polar surface area (TPSA) is 13.1 Å². The van der Waals surface area contributed by atoms with Gasteiger partial charge in [-0.25, -0.2) is 4.57 Å². The van der Waals surface area contributed by atoms with Crippen LogP contribution in [0.25, 0.3) is 21.7 Å². The molecule has 0 saturated heterocycles. The number of fused-ring (bicyclic) bond motifs is 3. The molecule has 0 aliphatic heterocycles. The van der Waals surface area contributed by atoms with Gasteiger partial charge in [0.15, 0.2) is 6.20 Å². The quantitative estimate of drug-likeness (QED) is 0.481. The molecular formula is C15H13ClNO+. The SMILES string of the molecule is COc1ccc2c(c1)c[n+](C)c1ccc(Cl)cc21. The number of pyridine rings is 1. The second kappa shape index (κ2) is 4.14. The van der Waals surface area contributed by atoms with Crippen molar-refractivity contribution >= 4 is 33.3 Å². The summed E-state index contributed by atoms with van der Waals surface area (Å²) in [7, 11) is 3.72. The molecule has 0 unspecified atom stereocenters. The van der Waals surface area contributed by atoms with E-state index in [2.05, 4.69) is 16.8 Å². The van der Waals surface area contributed by atoms with Gasteiger partial charge in [0.25, 0.3) is 0 Å². The number of halogens is 1. The minimum absolute atomic E-state index is 0.755. The van der Waals surface area contributed by atoms with Gasteiger partial charge in [0.1, 0.15) is 12.8 Å². The highest BCUT2D eigenvalue weighted by atomic mass is 35.5. The number of aryl methyl sites for hydroxylation is 1. The minimum Gasteiger partial charge on any atom is -0.497 e. The van der Waals surface area contributed by atoms with Gasteiger partial charge in [-0.15, -0.1) is 0 Å². The molecular weight excluding hydrogens is 246 g/mol. The summed E-state index contributed by atoms with van der Waals surface area (Å²) in [4.78, 5) is 0. The third kappa shape index (κ3) is 1.70. The van der Waals surface area contributed by atoms with Crippen LogP contribution in [0, 0.1) is 0 Å². The van der Waals surface area contributed by atoms with Gasteiger partial charge in [0.05, 0.1) is 17.9 Å². The summed E-state index contributed by atoms with van der Waals surface area (Å²) < 4.78 is 7.37. The number of hydrogen-bond acceptors (Lipinski definition) is 1. The Hall–Kier alpha value is -1.80. The van der Waals surface area contributed by atoms with Crippen molar-refractivity contribution in [1.82, 2.24) is 0 Å². The van der Waals surface area contributed by atoms with Crippen molar-refractivity contribution in [3.8, 4) is 5.75 Å². The summed E-state index contributed by atoms with van der Waals surface area (Å²) >= 11 is 6.10. The Bertz CT molecular complexity index is 752. The Morgan fingerprint density at radius 3 is 2.67 bits per heavy atom. The Morgan fingerprint density at radius 1 is 1.06 bits per heavy atom. The predicted octanol–water partition coefficient (Wildman–Crippen LogP) is 3.48. The van der Waals surface area contributed by atoms with Crippen LogP contribution in [0.4, 0.5) is 0 Å². The maximum atomic E-state index is 6.10. The minimum atomic E-state index is 0.755. The van der Waals surface area contributed by atoms with Gasteiger partial charge >= 0.3 is 0 Å². The Kier molecular flexibility index (Phi) is 2.60. The smallest absolute Gasteiger partial charge is 0.212 e. The molecule has 0 bridgehead atoms. The average molecular weight is 259 g/mol. The lowest BCUT2D eigenvalue weighted by atomic mass is 10.1. The maximum absolute atomic E-state index is 6.10. The van der Waals surface area contributed by atoms with E-state index in [9.17, 15) is 0 Å². The summed E-state index contributed by atoms with van der Waals surface area (Å²) in [6.07, 6.45) is 2.11. The first kappa shape index (κ1) is 11.3. The van der Waals surface area contributed by atoms with Crippen molar-refractivity contribution in [1.29, 1.82) is 0 Å². The van der Waals surface area contributed by atoms with Crippen LogP contribution < -0.4 is 9.30 Å². The first-order valence-corrected chi connectivity index (χ1v) is 6.12. The third-order valence-corrected chi connectivity index (χ3v) is 3.46. The van der Waals surface area contributed by atoms with Gasteiger partial charge in [0.2, 0.25) is 5.52 Å². The summed E-state index contributed by atoms with van der Waals surface area (Å²) in [6, 6.07) is 12.1. The van der Waals surface area contributed by atoms with Gasteiger partial charge in [0, 0.05) is 16.5 Å². The largest absolute Gasteiger partial charge is 0.497 e. The monoisotopic (exact) mass is 258 g/mol. The predicted molar refractivity (Wildman–Crippen MR) is 74.2 cm³/mol. The van der Waals surface area contributed by atoms with E-state index in [1.807, 2.05) is 37.4 Å². The second-order valence-corrected chi connectivity index (χ2v) is 4.79. The zero-order valence-corrected chi connectivity index (χ0v) is 11.0. The first-order chi connectivity index (χ1) is 8.69. The zero-order chi connectivity index (χ0) is 12.7. The van der Waals surface area contributed by atoms with E-state index in [0.29, 0.717) is 0 Å². The maximum Gasteiger partial charge on any atom is 0.212 e. The molecule has 3 aromatic rings. The fourth-order valence-corrected chi connectivity index (χ4v) is 2.50. The van der Waals surface area contributed by atoms with Crippen molar-refractivity contribution in [3.63, 3.8) is 0 Å². The molecule has 0 atom stereocenters. The van der Waals surface area contributed by atoms with E-state index in [1.165, 1.54) is 5.39 Å². The van der Waals surface area contributed by atoms with Crippen molar-refractivity contribution in [2.24, 2.45) is 7.05 Å². The van der Waals surface area contributed by atoms with E-state index >= 15 is 0 Å². The molecule has 2 nitrogen and oxygen atoms in total. The Balaban J connectivity index is 2.48. The van der Waals surface area contributed by atoms with E-state index < -0.39 is 0 Å². The van der Waals surface area contributed by atoms with E-state index in [1.54, 1.807) is 7.11 Å². The van der Waals surface area contributed by atoms with Crippen molar-refractivity contribution in [2.75, 3.05) is 7.11 Å². The van der Waals surface area contributed by atoms with Crippen molar-refractivity contribution < 1.29 is 9.30 Å². The summed E-state index contributed by atoms with van der Waals surface area (Å²) in [5.74, 6) is 0.865. The molecule has 0 fully saturated rings. The second-order valence-electron chi connectivity index (χ2n) is 4.35. The molecule has 1 aromatic heterocycles. The number of ether oxygens (including phenoxy) is 1. The Labute approximate surface area is 110 Å². The Morgan fingerprint density at radius 2 is 1.89 bits per heavy atom. The van der Waals surface area contributed by atoms with Gasteiger partial charge < -0.3 is 4.74 Å². The highest BCUT2D eigenvalue weighted by Gasteiger charge is 2.11. The molecule has 2 aromatic carbocycles. The number of hydrogen-bond donors (Lipinski definition) is 0. The average Bonchev–Trinajstić information content (AvgIpc) is 2.38. The van der Waals surface area contributed by atoms with Gasteiger partial charge in [-0.1, -0.05) is 11.6 Å². The summed E-state index contributed by atoms with van der Waals surface area (Å²) in [6.45, 7) is 0. The molecule has 0 radical (unpaired) electrons. The molecule has 0 spiro atoms. The summed E-state index contributed by atoms with van der Waals surface area (Å²) in [5, 5.41) is 4.24. The number of aromatic nitrogens is 1. The van der Waals surface area contributed by atoms with E-state index in [4.69, 9.17) is 16.3 Å². The third-order valence-electron chi connectivity index (χ3n) is 3.22. The molecule has 1 heterocycles. The molecule has 0 aliphatic carbocycles. The molecule has 18 heavy (non-hydrogen) atoms. The standard InChI is InChI=1S/C15H13ClNO/c1-17-9-10-7-12(18-2)4-5-13(10)14-8-11(16)3-6-15(14)17/h3-9H,1-2H3/q+1. The summed E-state index contributed by atoms with van der Waals surface area (Å²) in [5.41, 5.74) is 1.16. The van der Waals surface area contributed by atoms with E-state index in [-0.39, 0.29) is 0 Å². The van der Waals surface area contributed by atoms with Crippen molar-refractivity contribution in [3.05, 3.63) is 47.6 Å². The fourth-order valence-electron chi connectivity index (χ4n) is 2.33. The molecule has 0 amide bonds.